The molecule has 1 aromatic carbocycles. The first-order valence-electron chi connectivity index (χ1n) is 7.41. The molecule has 5 heteroatoms. The molecule has 1 saturated heterocycles. The maximum absolute atomic E-state index is 9.67. The van der Waals surface area contributed by atoms with Gasteiger partial charge in [0.2, 0.25) is 0 Å². The van der Waals surface area contributed by atoms with Crippen molar-refractivity contribution in [3.63, 3.8) is 0 Å². The number of hydrogen-bond donors (Lipinski definition) is 1. The monoisotopic (exact) mass is 292 g/mol. The van der Waals surface area contributed by atoms with E-state index in [1.165, 1.54) is 0 Å². The van der Waals surface area contributed by atoms with Gasteiger partial charge in [0.25, 0.3) is 0 Å². The minimum absolute atomic E-state index is 0.263. The van der Waals surface area contributed by atoms with Gasteiger partial charge >= 0.3 is 0 Å². The third-order valence-corrected chi connectivity index (χ3v) is 3.98. The number of benzene rings is 1. The standard InChI is InChI=1S/C17H16N4O/c22-14-6-8-21(11-14)16-5-7-18-17(20-16)13-9-12-3-1-2-4-15(12)19-10-13/h1-5,7,9-10,14,22H,6,8,11H2/t14-/m0/s1. The molecular formula is C17H16N4O. The summed E-state index contributed by atoms with van der Waals surface area (Å²) in [5.41, 5.74) is 1.87. The minimum atomic E-state index is -0.263. The van der Waals surface area contributed by atoms with Crippen LogP contribution >= 0.6 is 0 Å². The van der Waals surface area contributed by atoms with Crippen molar-refractivity contribution in [1.82, 2.24) is 15.0 Å². The van der Waals surface area contributed by atoms with E-state index in [4.69, 9.17) is 0 Å². The molecule has 1 aliphatic heterocycles. The highest BCUT2D eigenvalue weighted by molar-refractivity contribution is 5.82. The van der Waals surface area contributed by atoms with Crippen molar-refractivity contribution >= 4 is 16.7 Å². The molecule has 110 valence electrons. The Morgan fingerprint density at radius 2 is 2.05 bits per heavy atom. The van der Waals surface area contributed by atoms with Crippen LogP contribution in [0, 0.1) is 0 Å². The van der Waals surface area contributed by atoms with E-state index in [2.05, 4.69) is 25.9 Å². The lowest BCUT2D eigenvalue weighted by Gasteiger charge is -2.16. The smallest absolute Gasteiger partial charge is 0.163 e. The van der Waals surface area contributed by atoms with E-state index in [0.717, 1.165) is 35.2 Å². The second-order valence-corrected chi connectivity index (χ2v) is 5.54. The number of aromatic nitrogens is 3. The highest BCUT2D eigenvalue weighted by Gasteiger charge is 2.21. The van der Waals surface area contributed by atoms with Crippen LogP contribution in [0.25, 0.3) is 22.3 Å². The first-order valence-corrected chi connectivity index (χ1v) is 7.41. The number of nitrogens with zero attached hydrogens (tertiary/aromatic N) is 4. The number of aliphatic hydroxyl groups is 1. The molecule has 3 aromatic rings. The Morgan fingerprint density at radius 1 is 1.14 bits per heavy atom. The summed E-state index contributed by atoms with van der Waals surface area (Å²) in [7, 11) is 0. The van der Waals surface area contributed by atoms with E-state index in [0.29, 0.717) is 12.4 Å². The van der Waals surface area contributed by atoms with E-state index >= 15 is 0 Å². The zero-order valence-corrected chi connectivity index (χ0v) is 12.1. The van der Waals surface area contributed by atoms with Gasteiger partial charge in [0, 0.05) is 36.4 Å². The van der Waals surface area contributed by atoms with Crippen LogP contribution in [0.3, 0.4) is 0 Å². The lowest BCUT2D eigenvalue weighted by molar-refractivity contribution is 0.198. The molecule has 0 amide bonds. The molecule has 0 aliphatic carbocycles. The Bertz CT molecular complexity index is 820. The van der Waals surface area contributed by atoms with Crippen LogP contribution in [0.5, 0.6) is 0 Å². The quantitative estimate of drug-likeness (QED) is 0.785. The molecule has 0 saturated carbocycles. The predicted octanol–water partition coefficient (Wildman–Crippen LogP) is 2.26. The first kappa shape index (κ1) is 13.2. The van der Waals surface area contributed by atoms with E-state index in [9.17, 15) is 5.11 Å². The summed E-state index contributed by atoms with van der Waals surface area (Å²) in [5, 5.41) is 10.7. The largest absolute Gasteiger partial charge is 0.391 e. The van der Waals surface area contributed by atoms with E-state index in [-0.39, 0.29) is 6.10 Å². The molecule has 3 heterocycles. The molecular weight excluding hydrogens is 276 g/mol. The van der Waals surface area contributed by atoms with Gasteiger partial charge in [-0.2, -0.15) is 0 Å². The number of β-amino-alcohol motifs (C(OH)–C–C–N with tert-alkyl or cyclic N) is 1. The summed E-state index contributed by atoms with van der Waals surface area (Å²) in [6.07, 6.45) is 4.09. The Morgan fingerprint density at radius 3 is 2.91 bits per heavy atom. The number of anilines is 1. The van der Waals surface area contributed by atoms with Crippen molar-refractivity contribution in [3.8, 4) is 11.4 Å². The van der Waals surface area contributed by atoms with E-state index in [1.807, 2.05) is 30.3 Å². The molecule has 2 aromatic heterocycles. The Labute approximate surface area is 128 Å². The highest BCUT2D eigenvalue weighted by Crippen LogP contribution is 2.23. The van der Waals surface area contributed by atoms with Crippen molar-refractivity contribution in [2.24, 2.45) is 0 Å². The molecule has 0 radical (unpaired) electrons. The van der Waals surface area contributed by atoms with Crippen LogP contribution in [0.15, 0.2) is 48.8 Å². The fourth-order valence-corrected chi connectivity index (χ4v) is 2.81. The molecule has 4 rings (SSSR count). The summed E-state index contributed by atoms with van der Waals surface area (Å²) in [5.74, 6) is 1.52. The van der Waals surface area contributed by atoms with Gasteiger partial charge in [-0.1, -0.05) is 18.2 Å². The van der Waals surface area contributed by atoms with Gasteiger partial charge in [-0.25, -0.2) is 9.97 Å². The summed E-state index contributed by atoms with van der Waals surface area (Å²) < 4.78 is 0. The van der Waals surface area contributed by atoms with Crippen molar-refractivity contribution in [1.29, 1.82) is 0 Å². The number of aliphatic hydroxyl groups excluding tert-OH is 1. The first-order chi connectivity index (χ1) is 10.8. The third-order valence-electron chi connectivity index (χ3n) is 3.98. The lowest BCUT2D eigenvalue weighted by atomic mass is 10.1. The Kier molecular flexibility index (Phi) is 3.20. The molecule has 0 bridgehead atoms. The predicted molar refractivity (Wildman–Crippen MR) is 85.6 cm³/mol. The van der Waals surface area contributed by atoms with Gasteiger partial charge in [0.1, 0.15) is 5.82 Å². The Balaban J connectivity index is 1.71. The van der Waals surface area contributed by atoms with Crippen LogP contribution in [0.4, 0.5) is 5.82 Å². The summed E-state index contributed by atoms with van der Waals surface area (Å²) in [4.78, 5) is 15.5. The van der Waals surface area contributed by atoms with Gasteiger partial charge in [-0.05, 0) is 24.6 Å². The van der Waals surface area contributed by atoms with Crippen molar-refractivity contribution in [2.45, 2.75) is 12.5 Å². The Hall–Kier alpha value is -2.53. The molecule has 0 unspecified atom stereocenters. The van der Waals surface area contributed by atoms with E-state index < -0.39 is 0 Å². The van der Waals surface area contributed by atoms with Crippen LogP contribution in [-0.2, 0) is 0 Å². The second kappa shape index (κ2) is 5.35. The molecule has 0 spiro atoms. The van der Waals surface area contributed by atoms with Gasteiger partial charge in [-0.15, -0.1) is 0 Å². The number of para-hydroxylation sites is 1. The fraction of sp³-hybridized carbons (Fsp3) is 0.235. The second-order valence-electron chi connectivity index (χ2n) is 5.54. The van der Waals surface area contributed by atoms with Crippen LogP contribution in [0.1, 0.15) is 6.42 Å². The molecule has 1 N–H and O–H groups in total. The summed E-state index contributed by atoms with van der Waals surface area (Å²) in [6, 6.07) is 11.9. The number of pyridine rings is 1. The van der Waals surface area contributed by atoms with Crippen molar-refractivity contribution in [2.75, 3.05) is 18.0 Å². The van der Waals surface area contributed by atoms with Gasteiger partial charge in [0.15, 0.2) is 5.82 Å². The van der Waals surface area contributed by atoms with Gasteiger partial charge in [0.05, 0.1) is 11.6 Å². The molecule has 5 nitrogen and oxygen atoms in total. The average molecular weight is 292 g/mol. The SMILES string of the molecule is O[C@H]1CCN(c2ccnc(-c3cnc4ccccc4c3)n2)C1. The van der Waals surface area contributed by atoms with E-state index in [1.54, 1.807) is 12.4 Å². The summed E-state index contributed by atoms with van der Waals surface area (Å²) >= 11 is 0. The third kappa shape index (κ3) is 2.40. The minimum Gasteiger partial charge on any atom is -0.391 e. The van der Waals surface area contributed by atoms with Crippen LogP contribution in [0.2, 0.25) is 0 Å². The average Bonchev–Trinajstić information content (AvgIpc) is 3.01. The van der Waals surface area contributed by atoms with Gasteiger partial charge in [-0.3, -0.25) is 4.98 Å². The lowest BCUT2D eigenvalue weighted by Crippen LogP contribution is -2.22. The summed E-state index contributed by atoms with van der Waals surface area (Å²) in [6.45, 7) is 1.46. The highest BCUT2D eigenvalue weighted by atomic mass is 16.3. The van der Waals surface area contributed by atoms with Crippen molar-refractivity contribution in [3.05, 3.63) is 48.8 Å². The number of hydrogen-bond acceptors (Lipinski definition) is 5. The fourth-order valence-electron chi connectivity index (χ4n) is 2.81. The molecule has 22 heavy (non-hydrogen) atoms. The maximum Gasteiger partial charge on any atom is 0.163 e. The normalized spacial score (nSPS) is 18.0. The van der Waals surface area contributed by atoms with Crippen molar-refractivity contribution < 1.29 is 5.11 Å². The van der Waals surface area contributed by atoms with Gasteiger partial charge < -0.3 is 10.0 Å². The number of fused-ring (bicyclic) bond motifs is 1. The molecule has 1 aliphatic rings. The van der Waals surface area contributed by atoms with Crippen LogP contribution < -0.4 is 4.90 Å². The zero-order valence-electron chi connectivity index (χ0n) is 12.1. The maximum atomic E-state index is 9.67. The number of rotatable bonds is 2. The molecule has 1 atom stereocenters. The molecule has 1 fully saturated rings. The zero-order chi connectivity index (χ0) is 14.9. The topological polar surface area (TPSA) is 62.1 Å². The van der Waals surface area contributed by atoms with Crippen LogP contribution in [-0.4, -0.2) is 39.3 Å².